The number of likely N-dealkylation sites (tertiary alicyclic amines) is 1. The number of anilines is 1. The highest BCUT2D eigenvalue weighted by atomic mass is 19.1. The number of alkyl halides is 1. The molecule has 1 saturated heterocycles. The second-order valence-corrected chi connectivity index (χ2v) is 9.53. The highest BCUT2D eigenvalue weighted by Gasteiger charge is 2.35. The molecule has 2 aromatic carbocycles. The summed E-state index contributed by atoms with van der Waals surface area (Å²) in [6.45, 7) is 7.10. The van der Waals surface area contributed by atoms with Crippen molar-refractivity contribution in [1.29, 1.82) is 0 Å². The predicted octanol–water partition coefficient (Wildman–Crippen LogP) is 6.71. The molecule has 0 saturated carbocycles. The molecule has 1 fully saturated rings. The Balaban J connectivity index is 1.66. The number of hydrogen-bond donors (Lipinski definition) is 2. The van der Waals surface area contributed by atoms with Crippen molar-refractivity contribution in [3.8, 4) is 17.2 Å². The Bertz CT molecular complexity index is 938. The van der Waals surface area contributed by atoms with Crippen LogP contribution in [0, 0.1) is 12.8 Å². The topological polar surface area (TPSA) is 71.0 Å². The summed E-state index contributed by atoms with van der Waals surface area (Å²) in [6.07, 6.45) is 4.33. The molecule has 35 heavy (non-hydrogen) atoms. The van der Waals surface area contributed by atoms with Gasteiger partial charge >= 0.3 is 6.03 Å². The number of carbonyl (C=O) groups excluding carboxylic acids is 1. The quantitative estimate of drug-likeness (QED) is 0.346. The zero-order valence-electron chi connectivity index (χ0n) is 21.2. The van der Waals surface area contributed by atoms with Crippen LogP contribution in [0.1, 0.15) is 57.9 Å². The Morgan fingerprint density at radius 1 is 1.09 bits per heavy atom. The molecule has 1 heterocycles. The van der Waals surface area contributed by atoms with Crippen LogP contribution in [-0.2, 0) is 0 Å². The number of urea groups is 1. The molecule has 2 amide bonds. The van der Waals surface area contributed by atoms with Gasteiger partial charge in [-0.25, -0.2) is 4.79 Å². The van der Waals surface area contributed by atoms with Gasteiger partial charge in [-0.1, -0.05) is 44.4 Å². The summed E-state index contributed by atoms with van der Waals surface area (Å²) in [5.74, 6) is 2.19. The molecule has 0 aliphatic carbocycles. The second-order valence-electron chi connectivity index (χ2n) is 9.53. The summed E-state index contributed by atoms with van der Waals surface area (Å²) in [4.78, 5) is 14.7. The maximum absolute atomic E-state index is 13.0. The first-order chi connectivity index (χ1) is 16.8. The Morgan fingerprint density at radius 3 is 2.37 bits per heavy atom. The summed E-state index contributed by atoms with van der Waals surface area (Å²) in [6, 6.07) is 12.6. The van der Waals surface area contributed by atoms with Gasteiger partial charge in [0.1, 0.15) is 17.2 Å². The molecule has 6 nitrogen and oxygen atoms in total. The largest absolute Gasteiger partial charge is 0.493 e. The van der Waals surface area contributed by atoms with Gasteiger partial charge in [-0.2, -0.15) is 0 Å². The van der Waals surface area contributed by atoms with Gasteiger partial charge in [0, 0.05) is 43.4 Å². The Morgan fingerprint density at radius 2 is 1.74 bits per heavy atom. The molecule has 1 aliphatic heterocycles. The number of ether oxygens (including phenoxy) is 2. The number of aryl methyl sites for hydroxylation is 1. The van der Waals surface area contributed by atoms with Gasteiger partial charge in [0.05, 0.1) is 18.9 Å². The zero-order valence-corrected chi connectivity index (χ0v) is 21.2. The van der Waals surface area contributed by atoms with Crippen LogP contribution < -0.4 is 14.8 Å². The van der Waals surface area contributed by atoms with Crippen LogP contribution in [0.5, 0.6) is 17.2 Å². The normalized spacial score (nSPS) is 15.2. The average Bonchev–Trinajstić information content (AvgIpc) is 2.84. The Kier molecular flexibility index (Phi) is 9.78. The van der Waals surface area contributed by atoms with Gasteiger partial charge in [0.15, 0.2) is 0 Å². The number of hydrogen-bond acceptors (Lipinski definition) is 4. The molecule has 192 valence electrons. The number of rotatable bonds is 11. The maximum Gasteiger partial charge on any atom is 0.321 e. The van der Waals surface area contributed by atoms with E-state index in [9.17, 15) is 14.3 Å². The number of nitrogens with one attached hydrogen (secondary N) is 1. The minimum atomic E-state index is -0.702. The van der Waals surface area contributed by atoms with Crippen molar-refractivity contribution in [2.45, 2.75) is 64.9 Å². The molecule has 0 aromatic heterocycles. The zero-order chi connectivity index (χ0) is 25.3. The van der Waals surface area contributed by atoms with E-state index in [0.29, 0.717) is 61.2 Å². The molecule has 0 spiro atoms. The average molecular weight is 487 g/mol. The van der Waals surface area contributed by atoms with Crippen LogP contribution >= 0.6 is 0 Å². The van der Waals surface area contributed by atoms with Crippen LogP contribution in [0.25, 0.3) is 0 Å². The van der Waals surface area contributed by atoms with E-state index in [2.05, 4.69) is 19.2 Å². The molecular weight excluding hydrogens is 447 g/mol. The number of amides is 2. The minimum absolute atomic E-state index is 0.225. The maximum atomic E-state index is 13.0. The van der Waals surface area contributed by atoms with Gasteiger partial charge in [-0.3, -0.25) is 4.39 Å². The van der Waals surface area contributed by atoms with E-state index in [0.717, 1.165) is 24.8 Å². The van der Waals surface area contributed by atoms with Crippen LogP contribution in [0.3, 0.4) is 0 Å². The fourth-order valence-electron chi connectivity index (χ4n) is 4.42. The molecule has 0 bridgehead atoms. The first-order valence-corrected chi connectivity index (χ1v) is 12.7. The summed E-state index contributed by atoms with van der Waals surface area (Å²) < 4.78 is 24.2. The lowest BCUT2D eigenvalue weighted by atomic mass is 9.81. The van der Waals surface area contributed by atoms with Gasteiger partial charge in [-0.05, 0) is 44.2 Å². The smallest absolute Gasteiger partial charge is 0.321 e. The molecule has 0 unspecified atom stereocenters. The number of carbonyl (C=O) groups is 1. The first-order valence-electron chi connectivity index (χ1n) is 12.7. The predicted molar refractivity (Wildman–Crippen MR) is 137 cm³/mol. The van der Waals surface area contributed by atoms with E-state index in [4.69, 9.17) is 9.47 Å². The van der Waals surface area contributed by atoms with Crippen LogP contribution in [-0.4, -0.2) is 48.0 Å². The highest BCUT2D eigenvalue weighted by Crippen LogP contribution is 2.33. The third kappa shape index (κ3) is 8.13. The van der Waals surface area contributed by atoms with Crippen molar-refractivity contribution in [3.05, 3.63) is 48.0 Å². The van der Waals surface area contributed by atoms with Crippen molar-refractivity contribution in [2.75, 3.05) is 31.7 Å². The van der Waals surface area contributed by atoms with E-state index in [1.54, 1.807) is 23.1 Å². The molecule has 0 atom stereocenters. The molecule has 3 rings (SSSR count). The molecule has 0 radical (unpaired) electrons. The summed E-state index contributed by atoms with van der Waals surface area (Å²) in [7, 11) is 0. The summed E-state index contributed by atoms with van der Waals surface area (Å²) in [5.41, 5.74) is 0.960. The molecular formula is C28H39FN2O4. The number of benzene rings is 2. The van der Waals surface area contributed by atoms with Crippen LogP contribution in [0.4, 0.5) is 14.9 Å². The lowest BCUT2D eigenvalue weighted by Crippen LogP contribution is -2.48. The monoisotopic (exact) mass is 486 g/mol. The fourth-order valence-corrected chi connectivity index (χ4v) is 4.42. The number of piperidine rings is 1. The lowest BCUT2D eigenvalue weighted by molar-refractivity contribution is -0.0309. The van der Waals surface area contributed by atoms with E-state index in [-0.39, 0.29) is 12.6 Å². The van der Waals surface area contributed by atoms with Crippen LogP contribution in [0.2, 0.25) is 0 Å². The lowest BCUT2D eigenvalue weighted by Gasteiger charge is -2.39. The molecule has 1 aliphatic rings. The number of nitrogens with zero attached hydrogens (tertiary/aromatic N) is 1. The van der Waals surface area contributed by atoms with E-state index >= 15 is 0 Å². The van der Waals surface area contributed by atoms with Crippen molar-refractivity contribution >= 4 is 11.7 Å². The Labute approximate surface area is 208 Å². The standard InChI is InChI=1S/C28H39FN2O4/c1-4-22(5-2)20-28(33)11-14-31(15-12-28)27(32)30-23-17-25(34-16-6-13-29)19-26(18-23)35-24-9-7-21(3)8-10-24/h7-10,17-19,22,33H,4-6,11-16,20H2,1-3H3,(H,30,32). The van der Waals surface area contributed by atoms with Crippen molar-refractivity contribution in [1.82, 2.24) is 4.90 Å². The number of aliphatic hydroxyl groups is 1. The van der Waals surface area contributed by atoms with Crippen molar-refractivity contribution < 1.29 is 23.8 Å². The number of halogens is 1. The van der Waals surface area contributed by atoms with E-state index < -0.39 is 12.3 Å². The summed E-state index contributed by atoms with van der Waals surface area (Å²) >= 11 is 0. The fraction of sp³-hybridized carbons (Fsp3) is 0.536. The van der Waals surface area contributed by atoms with Gasteiger partial charge < -0.3 is 24.8 Å². The van der Waals surface area contributed by atoms with Crippen molar-refractivity contribution in [3.63, 3.8) is 0 Å². The van der Waals surface area contributed by atoms with Gasteiger partial charge in [0.2, 0.25) is 0 Å². The highest BCUT2D eigenvalue weighted by molar-refractivity contribution is 5.90. The SMILES string of the molecule is CCC(CC)CC1(O)CCN(C(=O)Nc2cc(OCCCF)cc(Oc3ccc(C)cc3)c2)CC1. The third-order valence-corrected chi connectivity index (χ3v) is 6.74. The van der Waals surface area contributed by atoms with Gasteiger partial charge in [0.25, 0.3) is 0 Å². The summed E-state index contributed by atoms with van der Waals surface area (Å²) in [5, 5.41) is 13.9. The third-order valence-electron chi connectivity index (χ3n) is 6.74. The Hall–Kier alpha value is -2.80. The minimum Gasteiger partial charge on any atom is -0.493 e. The van der Waals surface area contributed by atoms with Crippen LogP contribution in [0.15, 0.2) is 42.5 Å². The molecule has 2 aromatic rings. The van der Waals surface area contributed by atoms with E-state index in [1.807, 2.05) is 31.2 Å². The van der Waals surface area contributed by atoms with Crippen molar-refractivity contribution in [2.24, 2.45) is 5.92 Å². The van der Waals surface area contributed by atoms with Gasteiger partial charge in [-0.15, -0.1) is 0 Å². The second kappa shape index (κ2) is 12.8. The molecule has 7 heteroatoms. The van der Waals surface area contributed by atoms with E-state index in [1.165, 1.54) is 0 Å². The molecule has 2 N–H and O–H groups in total. The first kappa shape index (κ1) is 26.8.